The maximum atomic E-state index is 14.4. The third-order valence-electron chi connectivity index (χ3n) is 16.1. The third-order valence-corrected chi connectivity index (χ3v) is 16.2. The lowest BCUT2D eigenvalue weighted by molar-refractivity contribution is -0.193. The molecule has 4 fully saturated rings. The zero-order valence-electron chi connectivity index (χ0n) is 61.1. The van der Waals surface area contributed by atoms with E-state index in [0.717, 1.165) is 83.4 Å². The van der Waals surface area contributed by atoms with E-state index in [4.69, 9.17) is 70.4 Å². The third kappa shape index (κ3) is 28.9. The lowest BCUT2D eigenvalue weighted by Gasteiger charge is -2.22. The summed E-state index contributed by atoms with van der Waals surface area (Å²) in [7, 11) is 0. The van der Waals surface area contributed by atoms with E-state index in [0.29, 0.717) is 19.4 Å². The number of carbonyl (C=O) groups excluding carboxylic acids is 7. The average Bonchev–Trinajstić information content (AvgIpc) is 1.64. The molecule has 106 heavy (non-hydrogen) atoms. The second-order valence-electron chi connectivity index (χ2n) is 24.4. The van der Waals surface area contributed by atoms with Crippen LogP contribution in [0, 0.1) is 41.0 Å². The van der Waals surface area contributed by atoms with Gasteiger partial charge in [0.05, 0.1) is 69.0 Å². The van der Waals surface area contributed by atoms with Crippen molar-refractivity contribution in [2.24, 2.45) is 17.8 Å². The quantitative estimate of drug-likeness (QED) is 0.0150. The molecule has 0 aliphatic carbocycles. The molecule has 4 aromatic heterocycles. The number of carbonyl (C=O) groups is 7. The molecule has 8 rings (SSSR count). The molecule has 0 bridgehead atoms. The van der Waals surface area contributed by atoms with Crippen LogP contribution in [0.3, 0.4) is 0 Å². The van der Waals surface area contributed by atoms with Gasteiger partial charge in [-0.25, -0.2) is 51.1 Å². The second-order valence-corrected chi connectivity index (χ2v) is 24.7. The lowest BCUT2D eigenvalue weighted by atomic mass is 10.0. The maximum Gasteiger partial charge on any atom is 0.412 e. The van der Waals surface area contributed by atoms with Gasteiger partial charge in [-0.2, -0.15) is 19.9 Å². The predicted molar refractivity (Wildman–Crippen MR) is 366 cm³/mol. The smallest absolute Gasteiger partial charge is 0.412 e. The number of halogens is 5. The Kier molecular flexibility index (Phi) is 38.3. The number of ether oxygens (including phenoxy) is 11. The SMILES string of the molecule is CC(=O)OC1C(C)C(C)O[C@H]1n1cc(F)c(N)nc1=O.CC(=O)OC1OC(C)C(C)C1OC(C)=O.CCCCCOC(=O)Cl.CCCCCOC(=O)Nc1nc(=O)n([C@@H]2OC(C)C(C)C2OC(C)=O)cc1F.CCCCCOC(=O)Nc1nc(=O)n([C@@H]2OC(C)C(O)C2O)cc1F.Nc1[nH]c(=O)ncc1F. The van der Waals surface area contributed by atoms with Gasteiger partial charge < -0.3 is 73.8 Å². The first-order chi connectivity index (χ1) is 49.8. The molecule has 0 aromatic carbocycles. The minimum atomic E-state index is -1.41. The number of anilines is 4. The van der Waals surface area contributed by atoms with Gasteiger partial charge in [-0.15, -0.1) is 0 Å². The Morgan fingerprint density at radius 1 is 0.509 bits per heavy atom. The molecule has 41 heteroatoms. The molecule has 4 aliphatic heterocycles. The van der Waals surface area contributed by atoms with Gasteiger partial charge in [0.25, 0.3) is 0 Å². The van der Waals surface area contributed by atoms with E-state index < -0.39 is 167 Å². The van der Waals surface area contributed by atoms with Crippen LogP contribution < -0.4 is 44.9 Å². The van der Waals surface area contributed by atoms with Crippen LogP contribution in [0.15, 0.2) is 44.0 Å². The number of unbranched alkanes of at least 4 members (excludes halogenated alkanes) is 6. The highest BCUT2D eigenvalue weighted by atomic mass is 35.5. The molecule has 4 aromatic rings. The molecule has 36 nitrogen and oxygen atoms in total. The van der Waals surface area contributed by atoms with E-state index in [1.54, 1.807) is 20.8 Å². The summed E-state index contributed by atoms with van der Waals surface area (Å²) in [5.41, 5.74) is 6.27. The summed E-state index contributed by atoms with van der Waals surface area (Å²) in [6, 6.07) is 0. The van der Waals surface area contributed by atoms with Crippen molar-refractivity contribution in [1.82, 2.24) is 38.6 Å². The number of esters is 4. The van der Waals surface area contributed by atoms with Crippen molar-refractivity contribution in [3.63, 3.8) is 0 Å². The monoisotopic (exact) mass is 1540 g/mol. The second kappa shape index (κ2) is 44.7. The van der Waals surface area contributed by atoms with E-state index in [2.05, 4.69) is 42.2 Å². The molecule has 13 unspecified atom stereocenters. The first kappa shape index (κ1) is 91.0. The van der Waals surface area contributed by atoms with Gasteiger partial charge in [0.15, 0.2) is 77.7 Å². The summed E-state index contributed by atoms with van der Waals surface area (Å²) in [4.78, 5) is 139. The van der Waals surface area contributed by atoms with E-state index in [-0.39, 0.29) is 55.1 Å². The molecule has 0 saturated carbocycles. The van der Waals surface area contributed by atoms with Crippen LogP contribution in [-0.2, 0) is 71.3 Å². The van der Waals surface area contributed by atoms with Crippen molar-refractivity contribution in [2.75, 3.05) is 41.9 Å². The Hall–Kier alpha value is -9.22. The highest BCUT2D eigenvalue weighted by Crippen LogP contribution is 2.37. The summed E-state index contributed by atoms with van der Waals surface area (Å²) in [5.74, 6) is -7.59. The van der Waals surface area contributed by atoms with Crippen molar-refractivity contribution in [2.45, 2.75) is 235 Å². The lowest BCUT2D eigenvalue weighted by Crippen LogP contribution is -2.36. The van der Waals surface area contributed by atoms with Crippen LogP contribution in [0.1, 0.15) is 173 Å². The van der Waals surface area contributed by atoms with Crippen LogP contribution in [0.4, 0.5) is 55.2 Å². The van der Waals surface area contributed by atoms with E-state index in [1.165, 1.54) is 34.6 Å². The zero-order valence-corrected chi connectivity index (χ0v) is 61.8. The van der Waals surface area contributed by atoms with Crippen molar-refractivity contribution >= 4 is 76.4 Å². The van der Waals surface area contributed by atoms with Gasteiger partial charge in [-0.3, -0.25) is 48.5 Å². The Morgan fingerprint density at radius 3 is 1.25 bits per heavy atom. The summed E-state index contributed by atoms with van der Waals surface area (Å²) >= 11 is 4.90. The number of rotatable bonds is 21. The average molecular weight is 1540 g/mol. The largest absolute Gasteiger partial charge is 0.457 e. The summed E-state index contributed by atoms with van der Waals surface area (Å²) < 4.78 is 113. The fraction of sp³-hybridized carbons (Fsp3) is 0.646. The molecule has 594 valence electrons. The molecule has 9 N–H and O–H groups in total. The Morgan fingerprint density at radius 2 is 0.877 bits per heavy atom. The Balaban J connectivity index is 0.000000345. The van der Waals surface area contributed by atoms with Gasteiger partial charge >= 0.3 is 64.3 Å². The summed E-state index contributed by atoms with van der Waals surface area (Å²) in [5, 5.41) is 23.7. The molecular weight excluding hydrogens is 1440 g/mol. The predicted octanol–water partition coefficient (Wildman–Crippen LogP) is 6.72. The number of H-pyrrole nitrogens is 1. The van der Waals surface area contributed by atoms with Crippen LogP contribution in [0.5, 0.6) is 0 Å². The number of nitrogens with two attached hydrogens (primary N) is 2. The van der Waals surface area contributed by atoms with Crippen LogP contribution in [0.2, 0.25) is 0 Å². The van der Waals surface area contributed by atoms with Gasteiger partial charge in [0.1, 0.15) is 18.0 Å². The number of nitrogens with zero attached hydrogens (tertiary/aromatic N) is 7. The number of aromatic nitrogens is 8. The number of nitrogen functional groups attached to an aromatic ring is 2. The van der Waals surface area contributed by atoms with E-state index in [1.807, 2.05) is 39.6 Å². The van der Waals surface area contributed by atoms with Crippen LogP contribution >= 0.6 is 11.6 Å². The number of hydrogen-bond acceptors (Lipinski definition) is 30. The molecule has 4 saturated heterocycles. The number of aliphatic hydroxyl groups excluding tert-OH is 2. The minimum Gasteiger partial charge on any atom is -0.457 e. The zero-order chi connectivity index (χ0) is 80.0. The molecule has 8 heterocycles. The Bertz CT molecular complexity index is 3800. The Labute approximate surface area is 610 Å². The standard InChI is InChI=1S/C18H26FN3O6.C15H22FN3O6.C12H16FN3O4.C10H16O5.C6H11ClO2.C4H4FN3O/c1-5-6-7-8-26-18(25)21-15-13(19)9-22(17(24)20-15)16-14(28-12(4)23)10(2)11(3)27-16;1-3-4-5-6-24-15(23)18-12-9(16)7-19(14(22)17-12)13-11(21)10(20)8(2)25-13;1-5-6(2)19-11(9(5)20-7(3)17)16-4-8(13)10(14)15-12(16)18;1-5-6(2)13-10(15-8(4)12)9(5)14-7(3)11;1-2-3-4-5-9-6(7)8;5-2-1-7-4(9)8-3(2)6/h9-11,14,16H,5-8H2,1-4H3,(H,20,21,24,25);7-8,10-11,13,20-21H,3-6H2,1-2H3,(H,17,18,22,23);4-6,9,11H,1-3H3,(H2,14,15,18);5-6,9-10H,1-4H3;2-5H2,1H3;1H,(H3,6,7,8,9)/t10?,11?,14?,16-;8?,10?,11?,13-;5?,6?,9?,11-;;;/m111.../s1. The topological polar surface area (TPSA) is 488 Å². The first-order valence-electron chi connectivity index (χ1n) is 33.8. The van der Waals surface area contributed by atoms with Gasteiger partial charge in [0.2, 0.25) is 6.29 Å². The summed E-state index contributed by atoms with van der Waals surface area (Å²) in [6.45, 7) is 24.5. The van der Waals surface area contributed by atoms with Crippen molar-refractivity contribution in [1.29, 1.82) is 0 Å². The number of amides is 2. The number of hydrogen-bond donors (Lipinski definition) is 7. The molecule has 16 atom stereocenters. The molecule has 2 amide bonds. The van der Waals surface area contributed by atoms with Crippen LogP contribution in [0.25, 0.3) is 0 Å². The number of aliphatic hydroxyl groups is 2. The van der Waals surface area contributed by atoms with Crippen LogP contribution in [-0.4, -0.2) is 171 Å². The maximum absolute atomic E-state index is 14.4. The molecule has 0 spiro atoms. The fourth-order valence-electron chi connectivity index (χ4n) is 9.92. The highest BCUT2D eigenvalue weighted by Gasteiger charge is 2.47. The van der Waals surface area contributed by atoms with Gasteiger partial charge in [0, 0.05) is 57.0 Å². The molecular formula is C65H95ClF4N12O24. The number of aromatic amines is 1. The van der Waals surface area contributed by atoms with Gasteiger partial charge in [-0.05, 0) is 47.0 Å². The minimum absolute atomic E-state index is 0.0123. The molecule has 4 aliphatic rings. The molecule has 0 radical (unpaired) electrons. The van der Waals surface area contributed by atoms with E-state index in [9.17, 15) is 80.5 Å². The van der Waals surface area contributed by atoms with E-state index >= 15 is 0 Å². The van der Waals surface area contributed by atoms with Crippen molar-refractivity contribution < 1.29 is 113 Å². The highest BCUT2D eigenvalue weighted by molar-refractivity contribution is 6.61. The first-order valence-corrected chi connectivity index (χ1v) is 34.1. The van der Waals surface area contributed by atoms with Crippen molar-refractivity contribution in [3.05, 3.63) is 90.0 Å². The number of nitrogens with one attached hydrogen (secondary N) is 3. The van der Waals surface area contributed by atoms with Gasteiger partial charge in [-0.1, -0.05) is 80.1 Å². The summed E-state index contributed by atoms with van der Waals surface area (Å²) in [6.07, 6.45) is -0.265. The fourth-order valence-corrected chi connectivity index (χ4v) is 10.00. The van der Waals surface area contributed by atoms with Crippen molar-refractivity contribution in [3.8, 4) is 0 Å². The normalized spacial score (nSPS) is 24.5.